The van der Waals surface area contributed by atoms with Crippen molar-refractivity contribution in [1.82, 2.24) is 4.98 Å². The largest absolute Gasteiger partial charge is 0.573 e. The number of ether oxygens (including phenoxy) is 1. The Kier molecular flexibility index (Phi) is 3.20. The maximum Gasteiger partial charge on any atom is 0.573 e. The lowest BCUT2D eigenvalue weighted by molar-refractivity contribution is -0.274. The van der Waals surface area contributed by atoms with E-state index in [2.05, 4.69) is 9.72 Å². The van der Waals surface area contributed by atoms with E-state index in [0.29, 0.717) is 0 Å². The number of aromatic amines is 1. The smallest absolute Gasteiger partial charge is 0.406 e. The molecule has 0 amide bonds. The summed E-state index contributed by atoms with van der Waals surface area (Å²) in [7, 11) is 0. The van der Waals surface area contributed by atoms with Gasteiger partial charge in [-0.2, -0.15) is 0 Å². The minimum absolute atomic E-state index is 0.0142. The number of H-pyrrole nitrogens is 1. The summed E-state index contributed by atoms with van der Waals surface area (Å²) < 4.78 is 40.1. The average molecular weight is 270 g/mol. The zero-order valence-electron chi connectivity index (χ0n) is 9.49. The fraction of sp³-hybridized carbons (Fsp3) is 0.0833. The van der Waals surface area contributed by atoms with Crippen LogP contribution in [0.3, 0.4) is 0 Å². The van der Waals surface area contributed by atoms with Gasteiger partial charge in [-0.15, -0.1) is 13.2 Å². The number of rotatable bonds is 2. The molecule has 3 N–H and O–H groups in total. The second-order valence-electron chi connectivity index (χ2n) is 3.73. The molecule has 0 atom stereocenters. The maximum atomic E-state index is 12.1. The van der Waals surface area contributed by atoms with E-state index in [0.717, 1.165) is 12.1 Å². The monoisotopic (exact) mass is 270 g/mol. The number of aromatic nitrogens is 1. The van der Waals surface area contributed by atoms with Crippen molar-refractivity contribution in [3.05, 3.63) is 46.9 Å². The van der Waals surface area contributed by atoms with Gasteiger partial charge in [0.05, 0.1) is 5.69 Å². The fourth-order valence-corrected chi connectivity index (χ4v) is 1.58. The second kappa shape index (κ2) is 4.68. The highest BCUT2D eigenvalue weighted by atomic mass is 19.4. The van der Waals surface area contributed by atoms with Crippen molar-refractivity contribution in [2.45, 2.75) is 6.36 Å². The topological polar surface area (TPSA) is 68.1 Å². The van der Waals surface area contributed by atoms with Gasteiger partial charge in [0, 0.05) is 18.0 Å². The number of nitrogen functional groups attached to an aromatic ring is 1. The normalized spacial score (nSPS) is 11.3. The minimum Gasteiger partial charge on any atom is -0.406 e. The number of pyridine rings is 1. The molecule has 0 aliphatic carbocycles. The molecule has 1 aromatic carbocycles. The first-order valence-electron chi connectivity index (χ1n) is 5.19. The molecule has 4 nitrogen and oxygen atoms in total. The Labute approximate surface area is 105 Å². The standard InChI is InChI=1S/C12H9F3N2O2/c13-12(14,15)19-8-3-1-2-7(4-8)9-5-17-6-10(16)11(9)18/h1-6H,16H2,(H,17,18). The molecule has 2 aromatic rings. The fourth-order valence-electron chi connectivity index (χ4n) is 1.58. The van der Waals surface area contributed by atoms with Crippen molar-refractivity contribution in [1.29, 1.82) is 0 Å². The zero-order valence-corrected chi connectivity index (χ0v) is 9.49. The second-order valence-corrected chi connectivity index (χ2v) is 3.73. The Morgan fingerprint density at radius 3 is 2.63 bits per heavy atom. The average Bonchev–Trinajstić information content (AvgIpc) is 2.31. The Morgan fingerprint density at radius 2 is 1.95 bits per heavy atom. The maximum absolute atomic E-state index is 12.1. The molecule has 100 valence electrons. The van der Waals surface area contributed by atoms with Crippen LogP contribution < -0.4 is 15.9 Å². The highest BCUT2D eigenvalue weighted by Gasteiger charge is 2.31. The van der Waals surface area contributed by atoms with E-state index in [-0.39, 0.29) is 16.8 Å². The summed E-state index contributed by atoms with van der Waals surface area (Å²) in [5.74, 6) is -0.396. The van der Waals surface area contributed by atoms with Crippen LogP contribution in [0.15, 0.2) is 41.5 Å². The van der Waals surface area contributed by atoms with Crippen LogP contribution >= 0.6 is 0 Å². The molecule has 0 bridgehead atoms. The highest BCUT2D eigenvalue weighted by Crippen LogP contribution is 2.26. The lowest BCUT2D eigenvalue weighted by atomic mass is 10.1. The third-order valence-electron chi connectivity index (χ3n) is 2.35. The van der Waals surface area contributed by atoms with Crippen molar-refractivity contribution in [3.63, 3.8) is 0 Å². The van der Waals surface area contributed by atoms with Gasteiger partial charge >= 0.3 is 6.36 Å². The Morgan fingerprint density at radius 1 is 1.21 bits per heavy atom. The molecule has 1 heterocycles. The van der Waals surface area contributed by atoms with Crippen molar-refractivity contribution in [2.24, 2.45) is 0 Å². The van der Waals surface area contributed by atoms with Gasteiger partial charge in [-0.25, -0.2) is 0 Å². The quantitative estimate of drug-likeness (QED) is 0.881. The predicted octanol–water partition coefficient (Wildman–Crippen LogP) is 2.52. The summed E-state index contributed by atoms with van der Waals surface area (Å²) in [6, 6.07) is 5.13. The van der Waals surface area contributed by atoms with Crippen molar-refractivity contribution < 1.29 is 17.9 Å². The molecule has 1 aromatic heterocycles. The summed E-state index contributed by atoms with van der Waals surface area (Å²) in [6.45, 7) is 0. The summed E-state index contributed by atoms with van der Waals surface area (Å²) in [5, 5.41) is 0. The number of benzene rings is 1. The summed E-state index contributed by atoms with van der Waals surface area (Å²) in [4.78, 5) is 14.4. The van der Waals surface area contributed by atoms with E-state index in [1.807, 2.05) is 0 Å². The van der Waals surface area contributed by atoms with E-state index in [1.165, 1.54) is 24.5 Å². The first-order chi connectivity index (χ1) is 8.87. The van der Waals surface area contributed by atoms with Gasteiger partial charge < -0.3 is 15.5 Å². The molecule has 0 aliphatic heterocycles. The number of hydrogen-bond donors (Lipinski definition) is 2. The molecule has 0 unspecified atom stereocenters. The van der Waals surface area contributed by atoms with Crippen molar-refractivity contribution >= 4 is 5.69 Å². The summed E-state index contributed by atoms with van der Waals surface area (Å²) >= 11 is 0. The third kappa shape index (κ3) is 3.06. The van der Waals surface area contributed by atoms with E-state index in [4.69, 9.17) is 5.73 Å². The third-order valence-corrected chi connectivity index (χ3v) is 2.35. The van der Waals surface area contributed by atoms with Gasteiger partial charge in [0.1, 0.15) is 5.75 Å². The van der Waals surface area contributed by atoms with Crippen molar-refractivity contribution in [3.8, 4) is 16.9 Å². The predicted molar refractivity (Wildman–Crippen MR) is 63.6 cm³/mol. The van der Waals surface area contributed by atoms with Crippen LogP contribution in [0.25, 0.3) is 11.1 Å². The molecule has 0 spiro atoms. The molecule has 7 heteroatoms. The highest BCUT2D eigenvalue weighted by molar-refractivity contribution is 5.67. The number of hydrogen-bond acceptors (Lipinski definition) is 3. The van der Waals surface area contributed by atoms with Crippen LogP contribution in [0.4, 0.5) is 18.9 Å². The Hall–Kier alpha value is -2.44. The van der Waals surface area contributed by atoms with Crippen LogP contribution in [0.5, 0.6) is 5.75 Å². The minimum atomic E-state index is -4.78. The molecule has 0 radical (unpaired) electrons. The van der Waals surface area contributed by atoms with E-state index >= 15 is 0 Å². The van der Waals surface area contributed by atoms with E-state index in [1.54, 1.807) is 0 Å². The molecule has 2 rings (SSSR count). The SMILES string of the molecule is Nc1c[nH]cc(-c2cccc(OC(F)(F)F)c2)c1=O. The van der Waals surface area contributed by atoms with Crippen molar-refractivity contribution in [2.75, 3.05) is 5.73 Å². The summed E-state index contributed by atoms with van der Waals surface area (Å²) in [5.41, 5.74) is 5.43. The first kappa shape index (κ1) is 13.0. The van der Waals surface area contributed by atoms with Crippen LogP contribution in [0.1, 0.15) is 0 Å². The van der Waals surface area contributed by atoms with Crippen LogP contribution in [0, 0.1) is 0 Å². The van der Waals surface area contributed by atoms with Gasteiger partial charge in [0.25, 0.3) is 0 Å². The lowest BCUT2D eigenvalue weighted by Crippen LogP contribution is -2.17. The van der Waals surface area contributed by atoms with Crippen LogP contribution in [-0.4, -0.2) is 11.3 Å². The number of halogens is 3. The molecule has 0 fully saturated rings. The number of anilines is 1. The molecule has 19 heavy (non-hydrogen) atoms. The summed E-state index contributed by atoms with van der Waals surface area (Å²) in [6.07, 6.45) is -2.10. The Balaban J connectivity index is 2.44. The lowest BCUT2D eigenvalue weighted by Gasteiger charge is -2.10. The molecular weight excluding hydrogens is 261 g/mol. The van der Waals surface area contributed by atoms with Gasteiger partial charge in [0.15, 0.2) is 0 Å². The van der Waals surface area contributed by atoms with Crippen LogP contribution in [0.2, 0.25) is 0 Å². The first-order valence-corrected chi connectivity index (χ1v) is 5.19. The molecular formula is C12H9F3N2O2. The number of nitrogens with one attached hydrogen (secondary N) is 1. The van der Waals surface area contributed by atoms with Gasteiger partial charge in [-0.3, -0.25) is 4.79 Å². The Bertz CT molecular complexity index is 650. The zero-order chi connectivity index (χ0) is 14.0. The van der Waals surface area contributed by atoms with Gasteiger partial charge in [0.2, 0.25) is 5.43 Å². The van der Waals surface area contributed by atoms with Gasteiger partial charge in [-0.1, -0.05) is 12.1 Å². The molecule has 0 saturated carbocycles. The van der Waals surface area contributed by atoms with E-state index < -0.39 is 17.5 Å². The van der Waals surface area contributed by atoms with Gasteiger partial charge in [-0.05, 0) is 17.7 Å². The molecule has 0 aliphatic rings. The number of alkyl halides is 3. The number of nitrogens with two attached hydrogens (primary N) is 1. The van der Waals surface area contributed by atoms with E-state index in [9.17, 15) is 18.0 Å². The van der Waals surface area contributed by atoms with Crippen LogP contribution in [-0.2, 0) is 0 Å². The molecule has 0 saturated heterocycles.